The number of rotatable bonds is 3. The van der Waals surface area contributed by atoms with Gasteiger partial charge in [0.1, 0.15) is 11.8 Å². The highest BCUT2D eigenvalue weighted by Crippen LogP contribution is 2.42. The topological polar surface area (TPSA) is 94.5 Å². The molecule has 0 fully saturated rings. The monoisotopic (exact) mass is 406 g/mol. The average molecular weight is 406 g/mol. The van der Waals surface area contributed by atoms with Crippen LogP contribution in [-0.2, 0) is 4.79 Å². The molecule has 0 saturated heterocycles. The predicted octanol–water partition coefficient (Wildman–Crippen LogP) is 4.35. The van der Waals surface area contributed by atoms with E-state index in [2.05, 4.69) is 16.7 Å². The molecule has 1 aliphatic heterocycles. The number of carbonyl (C=O) groups excluding carboxylic acids is 2. The van der Waals surface area contributed by atoms with Crippen molar-refractivity contribution >= 4 is 23.3 Å². The lowest BCUT2D eigenvalue weighted by Crippen LogP contribution is -2.46. The van der Waals surface area contributed by atoms with E-state index in [0.29, 0.717) is 17.1 Å². The summed E-state index contributed by atoms with van der Waals surface area (Å²) < 4.78 is 5.81. The third kappa shape index (κ3) is 4.38. The molecule has 0 spiro atoms. The maximum absolute atomic E-state index is 13.0. The van der Waals surface area contributed by atoms with Gasteiger partial charge in [-0.3, -0.25) is 9.69 Å². The number of nitrogens with one attached hydrogen (secondary N) is 2. The van der Waals surface area contributed by atoms with Crippen molar-refractivity contribution in [1.82, 2.24) is 5.32 Å². The van der Waals surface area contributed by atoms with E-state index in [4.69, 9.17) is 4.74 Å². The zero-order chi connectivity index (χ0) is 22.1. The lowest BCUT2D eigenvalue weighted by Gasteiger charge is -2.37. The number of carbonyl (C=O) groups is 2. The summed E-state index contributed by atoms with van der Waals surface area (Å²) in [7, 11) is 0. The number of hydrogen-bond donors (Lipinski definition) is 2. The van der Waals surface area contributed by atoms with Crippen LogP contribution in [0.25, 0.3) is 0 Å². The Labute approximate surface area is 176 Å². The molecule has 3 rings (SSSR count). The van der Waals surface area contributed by atoms with Crippen LogP contribution in [0.3, 0.4) is 0 Å². The Hall–Kier alpha value is -3.53. The molecule has 1 heterocycles. The zero-order valence-electron chi connectivity index (χ0n) is 17.8. The molecule has 3 amide bonds. The molecule has 0 aromatic heterocycles. The number of anilines is 2. The SMILES string of the molecule is C[C@H]1Oc2cc(NC(=O)NC(C)(C)C)c(C#N)cc2N([C@@H](C)c2ccccc2)C1=O. The predicted molar refractivity (Wildman–Crippen MR) is 115 cm³/mol. The van der Waals surface area contributed by atoms with Crippen molar-refractivity contribution in [3.8, 4) is 11.8 Å². The molecule has 7 heteroatoms. The Balaban J connectivity index is 2.02. The molecule has 2 atom stereocenters. The van der Waals surface area contributed by atoms with Crippen molar-refractivity contribution in [2.45, 2.75) is 52.3 Å². The van der Waals surface area contributed by atoms with Gasteiger partial charge in [-0.1, -0.05) is 30.3 Å². The molecule has 1 aliphatic rings. The van der Waals surface area contributed by atoms with Crippen LogP contribution in [0, 0.1) is 11.3 Å². The Morgan fingerprint density at radius 3 is 2.50 bits per heavy atom. The average Bonchev–Trinajstić information content (AvgIpc) is 2.67. The van der Waals surface area contributed by atoms with Gasteiger partial charge in [0.05, 0.1) is 23.0 Å². The quantitative estimate of drug-likeness (QED) is 0.792. The van der Waals surface area contributed by atoms with Crippen molar-refractivity contribution in [3.05, 3.63) is 53.6 Å². The molecular weight excluding hydrogens is 380 g/mol. The highest BCUT2D eigenvalue weighted by molar-refractivity contribution is 6.02. The molecule has 2 aromatic carbocycles. The first kappa shape index (κ1) is 21.2. The van der Waals surface area contributed by atoms with Gasteiger partial charge in [0, 0.05) is 11.6 Å². The minimum Gasteiger partial charge on any atom is -0.479 e. The van der Waals surface area contributed by atoms with Crippen LogP contribution < -0.4 is 20.3 Å². The summed E-state index contributed by atoms with van der Waals surface area (Å²) in [4.78, 5) is 26.9. The number of urea groups is 1. The summed E-state index contributed by atoms with van der Waals surface area (Å²) in [5.74, 6) is 0.254. The van der Waals surface area contributed by atoms with Gasteiger partial charge < -0.3 is 15.4 Å². The number of benzene rings is 2. The molecule has 0 radical (unpaired) electrons. The second kappa shape index (κ2) is 8.07. The summed E-state index contributed by atoms with van der Waals surface area (Å²) in [5.41, 5.74) is 1.62. The van der Waals surface area contributed by atoms with Crippen LogP contribution in [0.4, 0.5) is 16.2 Å². The smallest absolute Gasteiger partial charge is 0.319 e. The Bertz CT molecular complexity index is 1010. The van der Waals surface area contributed by atoms with E-state index in [-0.39, 0.29) is 17.5 Å². The molecule has 0 bridgehead atoms. The fourth-order valence-corrected chi connectivity index (χ4v) is 3.38. The number of nitriles is 1. The summed E-state index contributed by atoms with van der Waals surface area (Å²) in [6.07, 6.45) is -0.687. The second-order valence-corrected chi connectivity index (χ2v) is 8.36. The van der Waals surface area contributed by atoms with Crippen LogP contribution in [-0.4, -0.2) is 23.6 Å². The summed E-state index contributed by atoms with van der Waals surface area (Å²) >= 11 is 0. The van der Waals surface area contributed by atoms with Crippen LogP contribution in [0.1, 0.15) is 51.8 Å². The fourth-order valence-electron chi connectivity index (χ4n) is 3.38. The second-order valence-electron chi connectivity index (χ2n) is 8.36. The van der Waals surface area contributed by atoms with Gasteiger partial charge in [-0.2, -0.15) is 5.26 Å². The van der Waals surface area contributed by atoms with Crippen LogP contribution in [0.15, 0.2) is 42.5 Å². The standard InChI is InChI=1S/C23H26N4O3/c1-14(16-9-7-6-8-10-16)27-19-11-17(13-24)18(25-22(29)26-23(3,4)5)12-20(19)30-15(2)21(27)28/h6-12,14-15H,1-5H3,(H2,25,26,29)/t14-,15+/m0/s1. The Morgan fingerprint density at radius 1 is 1.23 bits per heavy atom. The van der Waals surface area contributed by atoms with E-state index < -0.39 is 17.7 Å². The van der Waals surface area contributed by atoms with E-state index in [0.717, 1.165) is 5.56 Å². The first-order chi connectivity index (χ1) is 14.1. The van der Waals surface area contributed by atoms with Gasteiger partial charge in [-0.15, -0.1) is 0 Å². The summed E-state index contributed by atoms with van der Waals surface area (Å²) in [5, 5.41) is 15.2. The molecule has 0 aliphatic carbocycles. The maximum atomic E-state index is 13.0. The molecule has 2 aromatic rings. The first-order valence-electron chi connectivity index (χ1n) is 9.82. The van der Waals surface area contributed by atoms with Crippen LogP contribution in [0.5, 0.6) is 5.75 Å². The highest BCUT2D eigenvalue weighted by Gasteiger charge is 2.36. The molecular formula is C23H26N4O3. The minimum absolute atomic E-state index is 0.186. The van der Waals surface area contributed by atoms with E-state index in [9.17, 15) is 14.9 Å². The fraction of sp³-hybridized carbons (Fsp3) is 0.348. The van der Waals surface area contributed by atoms with E-state index in [1.165, 1.54) is 0 Å². The van der Waals surface area contributed by atoms with Gasteiger partial charge in [0.15, 0.2) is 6.10 Å². The summed E-state index contributed by atoms with van der Waals surface area (Å²) in [6.45, 7) is 9.22. The maximum Gasteiger partial charge on any atom is 0.319 e. The van der Waals surface area contributed by atoms with Crippen LogP contribution >= 0.6 is 0 Å². The molecule has 2 N–H and O–H groups in total. The number of amides is 3. The van der Waals surface area contributed by atoms with E-state index in [1.54, 1.807) is 24.0 Å². The van der Waals surface area contributed by atoms with Gasteiger partial charge in [-0.05, 0) is 46.2 Å². The first-order valence-corrected chi connectivity index (χ1v) is 9.82. The lowest BCUT2D eigenvalue weighted by molar-refractivity contribution is -0.126. The third-order valence-corrected chi connectivity index (χ3v) is 4.77. The minimum atomic E-state index is -0.687. The molecule has 30 heavy (non-hydrogen) atoms. The van der Waals surface area contributed by atoms with Crippen molar-refractivity contribution < 1.29 is 14.3 Å². The lowest BCUT2D eigenvalue weighted by atomic mass is 10.0. The largest absolute Gasteiger partial charge is 0.479 e. The van der Waals surface area contributed by atoms with Crippen molar-refractivity contribution in [1.29, 1.82) is 5.26 Å². The Morgan fingerprint density at radius 2 is 1.90 bits per heavy atom. The molecule has 7 nitrogen and oxygen atoms in total. The highest BCUT2D eigenvalue weighted by atomic mass is 16.5. The third-order valence-electron chi connectivity index (χ3n) is 4.77. The van der Waals surface area contributed by atoms with Gasteiger partial charge in [-0.25, -0.2) is 4.79 Å². The Kier molecular flexibility index (Phi) is 5.70. The van der Waals surface area contributed by atoms with Crippen molar-refractivity contribution in [2.75, 3.05) is 10.2 Å². The number of nitrogens with zero attached hydrogens (tertiary/aromatic N) is 2. The van der Waals surface area contributed by atoms with E-state index in [1.807, 2.05) is 58.0 Å². The van der Waals surface area contributed by atoms with E-state index >= 15 is 0 Å². The summed E-state index contributed by atoms with van der Waals surface area (Å²) in [6, 6.07) is 14.3. The van der Waals surface area contributed by atoms with Gasteiger partial charge >= 0.3 is 6.03 Å². The number of hydrogen-bond acceptors (Lipinski definition) is 4. The molecule has 0 unspecified atom stereocenters. The van der Waals surface area contributed by atoms with Gasteiger partial charge in [0.2, 0.25) is 0 Å². The molecule has 0 saturated carbocycles. The number of ether oxygens (including phenoxy) is 1. The zero-order valence-corrected chi connectivity index (χ0v) is 17.8. The van der Waals surface area contributed by atoms with Gasteiger partial charge in [0.25, 0.3) is 5.91 Å². The van der Waals surface area contributed by atoms with Crippen molar-refractivity contribution in [2.24, 2.45) is 0 Å². The van der Waals surface area contributed by atoms with Crippen LogP contribution in [0.2, 0.25) is 0 Å². The van der Waals surface area contributed by atoms with Crippen molar-refractivity contribution in [3.63, 3.8) is 0 Å². The normalized spacial score (nSPS) is 16.7. The number of fused-ring (bicyclic) bond motifs is 1. The molecule has 156 valence electrons.